The van der Waals surface area contributed by atoms with Crippen molar-refractivity contribution in [2.24, 2.45) is 0 Å². The van der Waals surface area contributed by atoms with Gasteiger partial charge in [0, 0.05) is 17.5 Å². The fourth-order valence-electron chi connectivity index (χ4n) is 1.92. The van der Waals surface area contributed by atoms with Crippen molar-refractivity contribution >= 4 is 22.9 Å². The molecule has 106 valence electrons. The van der Waals surface area contributed by atoms with Gasteiger partial charge in [0.05, 0.1) is 19.3 Å². The highest BCUT2D eigenvalue weighted by molar-refractivity contribution is 7.10. The number of hydrogen-bond donors (Lipinski definition) is 1. The number of methoxy groups -OCH3 is 1. The fraction of sp³-hybridized carbons (Fsp3) is 0.267. The summed E-state index contributed by atoms with van der Waals surface area (Å²) in [5, 5.41) is 2.04. The van der Waals surface area contributed by atoms with Crippen LogP contribution in [0.25, 0.3) is 0 Å². The number of nitrogen functional groups attached to an aromatic ring is 1. The Kier molecular flexibility index (Phi) is 4.29. The van der Waals surface area contributed by atoms with E-state index in [9.17, 15) is 4.79 Å². The third-order valence-corrected chi connectivity index (χ3v) is 4.18. The topological polar surface area (TPSA) is 55.6 Å². The van der Waals surface area contributed by atoms with Crippen molar-refractivity contribution < 1.29 is 9.53 Å². The lowest BCUT2D eigenvalue weighted by Crippen LogP contribution is -2.26. The molecule has 0 aliphatic heterocycles. The minimum absolute atomic E-state index is 0.0453. The zero-order chi connectivity index (χ0) is 14.7. The van der Waals surface area contributed by atoms with E-state index in [0.717, 1.165) is 0 Å². The minimum atomic E-state index is -0.0453. The predicted octanol–water partition coefficient (Wildman–Crippen LogP) is 2.92. The molecule has 0 aliphatic rings. The molecule has 4 nitrogen and oxygen atoms in total. The Labute approximate surface area is 122 Å². The Morgan fingerprint density at radius 2 is 2.15 bits per heavy atom. The van der Waals surface area contributed by atoms with Crippen molar-refractivity contribution in [1.82, 2.24) is 4.90 Å². The number of hydrogen-bond acceptors (Lipinski definition) is 4. The van der Waals surface area contributed by atoms with Gasteiger partial charge in [-0.25, -0.2) is 0 Å². The molecule has 1 aromatic heterocycles. The van der Waals surface area contributed by atoms with Crippen LogP contribution in [0, 0.1) is 6.92 Å². The number of carbonyl (C=O) groups excluding carboxylic acids is 1. The number of rotatable bonds is 4. The summed E-state index contributed by atoms with van der Waals surface area (Å²) in [5.41, 5.74) is 8.08. The Morgan fingerprint density at radius 1 is 1.40 bits per heavy atom. The Hall–Kier alpha value is -2.01. The molecular formula is C15H18N2O2S. The molecule has 0 spiro atoms. The SMILES string of the molecule is COc1cc(C(=O)N(C)Cc2sccc2C)ccc1N. The molecule has 2 aromatic rings. The van der Waals surface area contributed by atoms with Crippen LogP contribution in [-0.2, 0) is 6.54 Å². The van der Waals surface area contributed by atoms with E-state index in [4.69, 9.17) is 10.5 Å². The van der Waals surface area contributed by atoms with Gasteiger partial charge in [0.15, 0.2) is 0 Å². The van der Waals surface area contributed by atoms with E-state index in [0.29, 0.717) is 23.5 Å². The first kappa shape index (κ1) is 14.4. The van der Waals surface area contributed by atoms with E-state index >= 15 is 0 Å². The van der Waals surface area contributed by atoms with Gasteiger partial charge in [0.1, 0.15) is 5.75 Å². The maximum atomic E-state index is 12.4. The number of aryl methyl sites for hydroxylation is 1. The highest BCUT2D eigenvalue weighted by Crippen LogP contribution is 2.24. The maximum Gasteiger partial charge on any atom is 0.254 e. The van der Waals surface area contributed by atoms with E-state index < -0.39 is 0 Å². The Morgan fingerprint density at radius 3 is 2.75 bits per heavy atom. The van der Waals surface area contributed by atoms with E-state index in [1.165, 1.54) is 10.4 Å². The van der Waals surface area contributed by atoms with E-state index in [1.54, 1.807) is 48.6 Å². The van der Waals surface area contributed by atoms with Crippen LogP contribution in [0.4, 0.5) is 5.69 Å². The van der Waals surface area contributed by atoms with Crippen LogP contribution < -0.4 is 10.5 Å². The Balaban J connectivity index is 2.16. The molecular weight excluding hydrogens is 272 g/mol. The van der Waals surface area contributed by atoms with E-state index in [2.05, 4.69) is 13.0 Å². The Bertz CT molecular complexity index is 622. The van der Waals surface area contributed by atoms with Crippen molar-refractivity contribution in [3.8, 4) is 5.75 Å². The zero-order valence-electron chi connectivity index (χ0n) is 11.8. The molecule has 0 atom stereocenters. The standard InChI is InChI=1S/C15H18N2O2S/c1-10-6-7-20-14(10)9-17(2)15(18)11-4-5-12(16)13(8-11)19-3/h4-8H,9,16H2,1-3H3. The van der Waals surface area contributed by atoms with Crippen molar-refractivity contribution in [3.05, 3.63) is 45.6 Å². The van der Waals surface area contributed by atoms with Crippen molar-refractivity contribution in [2.45, 2.75) is 13.5 Å². The summed E-state index contributed by atoms with van der Waals surface area (Å²) in [5.74, 6) is 0.479. The molecule has 2 N–H and O–H groups in total. The predicted molar refractivity (Wildman–Crippen MR) is 82.3 cm³/mol. The molecule has 20 heavy (non-hydrogen) atoms. The van der Waals surface area contributed by atoms with E-state index in [1.807, 2.05) is 5.38 Å². The second kappa shape index (κ2) is 5.96. The number of carbonyl (C=O) groups is 1. The smallest absolute Gasteiger partial charge is 0.254 e. The monoisotopic (exact) mass is 290 g/mol. The van der Waals surface area contributed by atoms with Gasteiger partial charge in [-0.15, -0.1) is 11.3 Å². The van der Waals surface area contributed by atoms with Gasteiger partial charge in [0.25, 0.3) is 5.91 Å². The molecule has 0 radical (unpaired) electrons. The molecule has 0 bridgehead atoms. The van der Waals surface area contributed by atoms with Gasteiger partial charge in [0.2, 0.25) is 0 Å². The molecule has 0 fully saturated rings. The maximum absolute atomic E-state index is 12.4. The molecule has 0 aliphatic carbocycles. The number of anilines is 1. The van der Waals surface area contributed by atoms with E-state index in [-0.39, 0.29) is 5.91 Å². The van der Waals surface area contributed by atoms with Gasteiger partial charge in [-0.05, 0) is 42.1 Å². The zero-order valence-corrected chi connectivity index (χ0v) is 12.7. The summed E-state index contributed by atoms with van der Waals surface area (Å²) in [6, 6.07) is 7.15. The van der Waals surface area contributed by atoms with Crippen molar-refractivity contribution in [3.63, 3.8) is 0 Å². The summed E-state index contributed by atoms with van der Waals surface area (Å²) in [6.07, 6.45) is 0. The lowest BCUT2D eigenvalue weighted by molar-refractivity contribution is 0.0786. The molecule has 1 heterocycles. The molecule has 1 aromatic carbocycles. The van der Waals surface area contributed by atoms with Crippen molar-refractivity contribution in [1.29, 1.82) is 0 Å². The third kappa shape index (κ3) is 2.93. The summed E-state index contributed by atoms with van der Waals surface area (Å²) < 4.78 is 5.15. The molecule has 2 rings (SSSR count). The minimum Gasteiger partial charge on any atom is -0.495 e. The van der Waals surface area contributed by atoms with Gasteiger partial charge in [-0.1, -0.05) is 0 Å². The molecule has 1 amide bonds. The van der Waals surface area contributed by atoms with Crippen LogP contribution in [0.15, 0.2) is 29.6 Å². The first-order valence-electron chi connectivity index (χ1n) is 6.25. The van der Waals surface area contributed by atoms with Gasteiger partial charge >= 0.3 is 0 Å². The lowest BCUT2D eigenvalue weighted by atomic mass is 10.1. The van der Waals surface area contributed by atoms with Crippen molar-refractivity contribution in [2.75, 3.05) is 19.9 Å². The van der Waals surface area contributed by atoms with Crippen LogP contribution in [0.3, 0.4) is 0 Å². The van der Waals surface area contributed by atoms with Gasteiger partial charge in [-0.3, -0.25) is 4.79 Å². The second-order valence-corrected chi connectivity index (χ2v) is 5.65. The summed E-state index contributed by atoms with van der Waals surface area (Å²) in [7, 11) is 3.34. The molecule has 0 unspecified atom stereocenters. The van der Waals surface area contributed by atoms with Crippen LogP contribution in [0.5, 0.6) is 5.75 Å². The first-order chi connectivity index (χ1) is 9.52. The van der Waals surface area contributed by atoms with Crippen LogP contribution in [-0.4, -0.2) is 25.0 Å². The second-order valence-electron chi connectivity index (χ2n) is 4.64. The molecule has 5 heteroatoms. The van der Waals surface area contributed by atoms with Crippen LogP contribution in [0.2, 0.25) is 0 Å². The number of nitrogens with two attached hydrogens (primary N) is 1. The number of amides is 1. The summed E-state index contributed by atoms with van der Waals surface area (Å²) in [6.45, 7) is 2.66. The highest BCUT2D eigenvalue weighted by Gasteiger charge is 2.15. The summed E-state index contributed by atoms with van der Waals surface area (Å²) >= 11 is 1.66. The molecule has 0 saturated heterocycles. The largest absolute Gasteiger partial charge is 0.495 e. The van der Waals surface area contributed by atoms with Crippen LogP contribution in [0.1, 0.15) is 20.8 Å². The van der Waals surface area contributed by atoms with Gasteiger partial charge in [-0.2, -0.15) is 0 Å². The average molecular weight is 290 g/mol. The lowest BCUT2D eigenvalue weighted by Gasteiger charge is -2.17. The third-order valence-electron chi connectivity index (χ3n) is 3.18. The number of thiophene rings is 1. The quantitative estimate of drug-likeness (QED) is 0.881. The van der Waals surface area contributed by atoms with Gasteiger partial charge < -0.3 is 15.4 Å². The fourth-order valence-corrected chi connectivity index (χ4v) is 2.88. The number of ether oxygens (including phenoxy) is 1. The van der Waals surface area contributed by atoms with Crippen LogP contribution >= 0.6 is 11.3 Å². The summed E-state index contributed by atoms with van der Waals surface area (Å²) in [4.78, 5) is 15.3. The number of benzene rings is 1. The highest BCUT2D eigenvalue weighted by atomic mass is 32.1. The normalized spacial score (nSPS) is 10.3. The number of nitrogens with zero attached hydrogens (tertiary/aromatic N) is 1. The molecule has 0 saturated carbocycles. The average Bonchev–Trinajstić information content (AvgIpc) is 2.84. The first-order valence-corrected chi connectivity index (χ1v) is 7.13.